The van der Waals surface area contributed by atoms with Crippen LogP contribution in [-0.2, 0) is 5.54 Å². The molecular weight excluding hydrogens is 403 g/mol. The lowest BCUT2D eigenvalue weighted by Gasteiger charge is -2.31. The van der Waals surface area contributed by atoms with Gasteiger partial charge in [0, 0.05) is 0 Å². The van der Waals surface area contributed by atoms with Gasteiger partial charge in [0.05, 0.1) is 19.8 Å². The lowest BCUT2D eigenvalue weighted by Crippen LogP contribution is -2.32. The van der Waals surface area contributed by atoms with E-state index in [4.69, 9.17) is 14.6 Å². The van der Waals surface area contributed by atoms with Crippen LogP contribution in [0.2, 0.25) is 0 Å². The average Bonchev–Trinajstić information content (AvgIpc) is 2.89. The third-order valence-corrected chi connectivity index (χ3v) is 5.26. The average molecular weight is 436 g/mol. The van der Waals surface area contributed by atoms with Crippen LogP contribution in [0.3, 0.4) is 0 Å². The van der Waals surface area contributed by atoms with Crippen LogP contribution in [0.1, 0.15) is 78.6 Å². The molecule has 0 N–H and O–H groups in total. The maximum absolute atomic E-state index is 5.63. The van der Waals surface area contributed by atoms with Crippen LogP contribution < -0.4 is 9.47 Å². The number of aromatic nitrogens is 2. The van der Waals surface area contributed by atoms with Crippen LogP contribution in [0.15, 0.2) is 0 Å². The minimum absolute atomic E-state index is 0.00965. The molecule has 0 aliphatic carbocycles. The van der Waals surface area contributed by atoms with E-state index in [1.807, 2.05) is 0 Å². The molecule has 0 saturated carbocycles. The summed E-state index contributed by atoms with van der Waals surface area (Å²) in [5.74, 6) is 1.51. The predicted molar refractivity (Wildman–Crippen MR) is 105 cm³/mol. The summed E-state index contributed by atoms with van der Waals surface area (Å²) in [5, 5.41) is 4.75. The van der Waals surface area contributed by atoms with Crippen molar-refractivity contribution < 1.29 is 9.47 Å². The molecule has 0 aliphatic heterocycles. The van der Waals surface area contributed by atoms with Crippen LogP contribution in [0.25, 0.3) is 0 Å². The van der Waals surface area contributed by atoms with Gasteiger partial charge in [-0.15, -0.1) is 0 Å². The van der Waals surface area contributed by atoms with Crippen molar-refractivity contribution in [1.82, 2.24) is 9.78 Å². The van der Waals surface area contributed by atoms with Gasteiger partial charge in [0.1, 0.15) is 0 Å². The zero-order chi connectivity index (χ0) is 17.3. The fourth-order valence-corrected chi connectivity index (χ4v) is 3.75. The molecule has 0 bridgehead atoms. The molecule has 1 atom stereocenters. The van der Waals surface area contributed by atoms with Gasteiger partial charge >= 0.3 is 0 Å². The van der Waals surface area contributed by atoms with E-state index < -0.39 is 0 Å². The number of hydrogen-bond acceptors (Lipinski definition) is 3. The molecule has 0 spiro atoms. The smallest absolute Gasteiger partial charge is 0.257 e. The van der Waals surface area contributed by atoms with E-state index in [2.05, 4.69) is 48.0 Å². The van der Waals surface area contributed by atoms with Gasteiger partial charge in [0.15, 0.2) is 3.70 Å². The Kier molecular flexibility index (Phi) is 9.32. The van der Waals surface area contributed by atoms with E-state index >= 15 is 0 Å². The number of nitrogens with zero attached hydrogens (tertiary/aromatic N) is 2. The van der Waals surface area contributed by atoms with Crippen molar-refractivity contribution in [3.63, 3.8) is 0 Å². The number of rotatable bonds is 12. The number of halogens is 1. The van der Waals surface area contributed by atoms with Crippen LogP contribution in [0.5, 0.6) is 11.6 Å². The Hall–Kier alpha value is -0.460. The summed E-state index contributed by atoms with van der Waals surface area (Å²) in [4.78, 5) is 0. The summed E-state index contributed by atoms with van der Waals surface area (Å²) in [7, 11) is 3.38. The second-order valence-electron chi connectivity index (χ2n) is 6.51. The van der Waals surface area contributed by atoms with E-state index in [-0.39, 0.29) is 5.54 Å². The monoisotopic (exact) mass is 436 g/mol. The number of ether oxygens (including phenoxy) is 2. The summed E-state index contributed by atoms with van der Waals surface area (Å²) >= 11 is 2.23. The van der Waals surface area contributed by atoms with Crippen molar-refractivity contribution in [2.75, 3.05) is 14.2 Å². The summed E-state index contributed by atoms with van der Waals surface area (Å²) in [6.45, 7) is 6.81. The SMILES string of the molecule is CCCCCCCC(C)(CCCC)n1nc(I)c(OC)c1OC. The molecule has 134 valence electrons. The van der Waals surface area contributed by atoms with Crippen LogP contribution in [0, 0.1) is 3.70 Å². The maximum atomic E-state index is 5.63. The van der Waals surface area contributed by atoms with Crippen molar-refractivity contribution in [3.8, 4) is 11.6 Å². The first kappa shape index (κ1) is 20.6. The molecule has 0 amide bonds. The summed E-state index contributed by atoms with van der Waals surface area (Å²) in [6.07, 6.45) is 11.1. The molecule has 0 aromatic carbocycles. The Morgan fingerprint density at radius 3 is 2.13 bits per heavy atom. The van der Waals surface area contributed by atoms with E-state index in [0.29, 0.717) is 0 Å². The highest BCUT2D eigenvalue weighted by atomic mass is 127. The fourth-order valence-electron chi connectivity index (χ4n) is 3.08. The Morgan fingerprint density at radius 2 is 1.57 bits per heavy atom. The van der Waals surface area contributed by atoms with Gasteiger partial charge in [-0.05, 0) is 42.4 Å². The molecule has 1 aromatic heterocycles. The topological polar surface area (TPSA) is 36.3 Å². The fraction of sp³-hybridized carbons (Fsp3) is 0.833. The van der Waals surface area contributed by atoms with Gasteiger partial charge < -0.3 is 9.47 Å². The largest absolute Gasteiger partial charge is 0.489 e. The van der Waals surface area contributed by atoms with Gasteiger partial charge in [-0.25, -0.2) is 4.68 Å². The van der Waals surface area contributed by atoms with Crippen molar-refractivity contribution in [3.05, 3.63) is 3.70 Å². The Morgan fingerprint density at radius 1 is 0.957 bits per heavy atom. The second kappa shape index (κ2) is 10.4. The highest BCUT2D eigenvalue weighted by Gasteiger charge is 2.32. The molecule has 0 aliphatic rings. The summed E-state index contributed by atoms with van der Waals surface area (Å²) < 4.78 is 14.1. The van der Waals surface area contributed by atoms with Gasteiger partial charge in [-0.1, -0.05) is 58.8 Å². The molecule has 1 rings (SSSR count). The Bertz CT molecular complexity index is 462. The predicted octanol–water partition coefficient (Wildman–Crippen LogP) is 5.77. The van der Waals surface area contributed by atoms with E-state index in [0.717, 1.165) is 28.2 Å². The molecule has 0 radical (unpaired) electrons. The zero-order valence-electron chi connectivity index (χ0n) is 15.5. The van der Waals surface area contributed by atoms with Crippen LogP contribution in [-0.4, -0.2) is 24.0 Å². The van der Waals surface area contributed by atoms with E-state index in [1.54, 1.807) is 14.2 Å². The van der Waals surface area contributed by atoms with Crippen molar-refractivity contribution in [2.24, 2.45) is 0 Å². The summed E-state index contributed by atoms with van der Waals surface area (Å²) in [5.41, 5.74) is -0.00965. The van der Waals surface area contributed by atoms with E-state index in [1.165, 1.54) is 44.9 Å². The molecule has 1 aromatic rings. The van der Waals surface area contributed by atoms with Crippen molar-refractivity contribution >= 4 is 22.6 Å². The van der Waals surface area contributed by atoms with Gasteiger partial charge in [-0.2, -0.15) is 5.10 Å². The van der Waals surface area contributed by atoms with Gasteiger partial charge in [-0.3, -0.25) is 0 Å². The van der Waals surface area contributed by atoms with Gasteiger partial charge in [0.25, 0.3) is 5.88 Å². The zero-order valence-corrected chi connectivity index (χ0v) is 17.6. The first-order chi connectivity index (χ1) is 11.0. The standard InChI is InChI=1S/C18H33IN2O2/c1-6-8-10-11-12-14-18(3,13-9-7-2)21-17(23-5)15(22-4)16(19)20-21/h6-14H2,1-5H3. The number of hydrogen-bond donors (Lipinski definition) is 0. The molecule has 0 saturated heterocycles. The minimum Gasteiger partial charge on any atom is -0.489 e. The van der Waals surface area contributed by atoms with Gasteiger partial charge in [0.2, 0.25) is 5.75 Å². The molecule has 5 heteroatoms. The Balaban J connectivity index is 2.95. The van der Waals surface area contributed by atoms with Crippen molar-refractivity contribution in [1.29, 1.82) is 0 Å². The number of unbranched alkanes of at least 4 members (excludes halogenated alkanes) is 5. The summed E-state index contributed by atoms with van der Waals surface area (Å²) in [6, 6.07) is 0. The quantitative estimate of drug-likeness (QED) is 0.308. The maximum Gasteiger partial charge on any atom is 0.257 e. The molecule has 4 nitrogen and oxygen atoms in total. The molecular formula is C18H33IN2O2. The minimum atomic E-state index is -0.00965. The molecule has 23 heavy (non-hydrogen) atoms. The van der Waals surface area contributed by atoms with Crippen LogP contribution >= 0.6 is 22.6 Å². The first-order valence-electron chi connectivity index (χ1n) is 8.91. The Labute approximate surface area is 155 Å². The lowest BCUT2D eigenvalue weighted by atomic mass is 9.88. The highest BCUT2D eigenvalue weighted by molar-refractivity contribution is 14.1. The molecule has 0 fully saturated rings. The third kappa shape index (κ3) is 5.54. The number of methoxy groups -OCH3 is 2. The van der Waals surface area contributed by atoms with Crippen LogP contribution in [0.4, 0.5) is 0 Å². The highest BCUT2D eigenvalue weighted by Crippen LogP contribution is 2.40. The van der Waals surface area contributed by atoms with E-state index in [9.17, 15) is 0 Å². The third-order valence-electron chi connectivity index (χ3n) is 4.56. The normalized spacial score (nSPS) is 13.8. The molecule has 1 unspecified atom stereocenters. The first-order valence-corrected chi connectivity index (χ1v) is 9.98. The lowest BCUT2D eigenvalue weighted by molar-refractivity contribution is 0.197. The second-order valence-corrected chi connectivity index (χ2v) is 7.53. The van der Waals surface area contributed by atoms with Crippen molar-refractivity contribution in [2.45, 2.75) is 84.1 Å². The molecule has 1 heterocycles.